The number of aromatic nitrogens is 2. The van der Waals surface area contributed by atoms with Crippen LogP contribution in [0.4, 0.5) is 5.69 Å². The smallest absolute Gasteiger partial charge is 0.276 e. The molecule has 1 N–H and O–H groups in total. The average molecular weight is 333 g/mol. The normalized spacial score (nSPS) is 10.5. The molecule has 25 heavy (non-hydrogen) atoms. The summed E-state index contributed by atoms with van der Waals surface area (Å²) in [6, 6.07) is 18.0. The first-order valence-corrected chi connectivity index (χ1v) is 8.03. The van der Waals surface area contributed by atoms with E-state index in [1.54, 1.807) is 12.1 Å². The van der Waals surface area contributed by atoms with Gasteiger partial charge in [-0.3, -0.25) is 9.59 Å². The Labute approximate surface area is 145 Å². The van der Waals surface area contributed by atoms with Gasteiger partial charge in [0.15, 0.2) is 0 Å². The first kappa shape index (κ1) is 16.6. The molecule has 0 unspecified atom stereocenters. The molecule has 0 aliphatic heterocycles. The van der Waals surface area contributed by atoms with Crippen molar-refractivity contribution >= 4 is 11.6 Å². The number of aryl methyl sites for hydroxylation is 2. The monoisotopic (exact) mass is 333 g/mol. The number of hydrogen-bond acceptors (Lipinski definition) is 3. The van der Waals surface area contributed by atoms with Crippen LogP contribution < -0.4 is 10.9 Å². The molecule has 0 bridgehead atoms. The molecule has 1 amide bonds. The van der Waals surface area contributed by atoms with Crippen LogP contribution in [-0.4, -0.2) is 15.7 Å². The summed E-state index contributed by atoms with van der Waals surface area (Å²) in [5, 5.41) is 7.00. The Hall–Kier alpha value is -3.21. The van der Waals surface area contributed by atoms with Crippen LogP contribution in [0, 0.1) is 13.8 Å². The highest BCUT2D eigenvalue weighted by atomic mass is 16.2. The van der Waals surface area contributed by atoms with Crippen molar-refractivity contribution in [1.82, 2.24) is 9.78 Å². The van der Waals surface area contributed by atoms with Gasteiger partial charge in [-0.05, 0) is 43.2 Å². The third-order valence-electron chi connectivity index (χ3n) is 3.96. The molecule has 1 heterocycles. The summed E-state index contributed by atoms with van der Waals surface area (Å²) in [4.78, 5) is 24.5. The van der Waals surface area contributed by atoms with Crippen LogP contribution in [0.1, 0.15) is 27.2 Å². The summed E-state index contributed by atoms with van der Waals surface area (Å²) >= 11 is 0. The van der Waals surface area contributed by atoms with Gasteiger partial charge in [-0.1, -0.05) is 42.0 Å². The fraction of sp³-hybridized carbons (Fsp3) is 0.150. The topological polar surface area (TPSA) is 64.0 Å². The Kier molecular flexibility index (Phi) is 4.75. The summed E-state index contributed by atoms with van der Waals surface area (Å²) in [6.07, 6.45) is 0. The number of hydrogen-bond donors (Lipinski definition) is 1. The average Bonchev–Trinajstić information content (AvgIpc) is 2.61. The number of para-hydroxylation sites is 1. The van der Waals surface area contributed by atoms with Crippen molar-refractivity contribution in [3.8, 4) is 0 Å². The quantitative estimate of drug-likeness (QED) is 0.798. The lowest BCUT2D eigenvalue weighted by atomic mass is 10.1. The van der Waals surface area contributed by atoms with E-state index >= 15 is 0 Å². The number of rotatable bonds is 4. The summed E-state index contributed by atoms with van der Waals surface area (Å²) in [5.74, 6) is -0.346. The molecule has 126 valence electrons. The van der Waals surface area contributed by atoms with Gasteiger partial charge in [-0.25, -0.2) is 4.68 Å². The summed E-state index contributed by atoms with van der Waals surface area (Å²) in [5.41, 5.74) is 3.85. The maximum atomic E-state index is 12.4. The van der Waals surface area contributed by atoms with E-state index in [-0.39, 0.29) is 17.2 Å². The second kappa shape index (κ2) is 7.13. The fourth-order valence-corrected chi connectivity index (χ4v) is 2.53. The van der Waals surface area contributed by atoms with Crippen LogP contribution in [0.15, 0.2) is 65.5 Å². The molecular formula is C20H19N3O2. The van der Waals surface area contributed by atoms with E-state index in [9.17, 15) is 9.59 Å². The van der Waals surface area contributed by atoms with Gasteiger partial charge in [0.2, 0.25) is 0 Å². The van der Waals surface area contributed by atoms with Crippen LogP contribution in [0.25, 0.3) is 0 Å². The number of benzene rings is 2. The molecule has 0 atom stereocenters. The van der Waals surface area contributed by atoms with E-state index in [1.165, 1.54) is 16.8 Å². The van der Waals surface area contributed by atoms with E-state index in [2.05, 4.69) is 10.4 Å². The van der Waals surface area contributed by atoms with Gasteiger partial charge in [0.1, 0.15) is 5.69 Å². The van der Waals surface area contributed by atoms with Crippen molar-refractivity contribution in [1.29, 1.82) is 0 Å². The third-order valence-corrected chi connectivity index (χ3v) is 3.96. The largest absolute Gasteiger partial charge is 0.321 e. The molecule has 3 rings (SSSR count). The number of amides is 1. The highest BCUT2D eigenvalue weighted by Crippen LogP contribution is 2.12. The molecule has 0 aliphatic rings. The molecular weight excluding hydrogens is 314 g/mol. The summed E-state index contributed by atoms with van der Waals surface area (Å²) in [6.45, 7) is 4.33. The predicted molar refractivity (Wildman–Crippen MR) is 97.9 cm³/mol. The Morgan fingerprint density at radius 1 is 1.04 bits per heavy atom. The highest BCUT2D eigenvalue weighted by molar-refractivity contribution is 6.02. The molecule has 5 nitrogen and oxygen atoms in total. The molecule has 0 radical (unpaired) electrons. The van der Waals surface area contributed by atoms with Gasteiger partial charge in [-0.2, -0.15) is 5.10 Å². The Morgan fingerprint density at radius 3 is 2.56 bits per heavy atom. The minimum atomic E-state index is -0.346. The van der Waals surface area contributed by atoms with Gasteiger partial charge >= 0.3 is 0 Å². The molecule has 3 aromatic rings. The Balaban J connectivity index is 1.86. The number of anilines is 1. The first-order valence-electron chi connectivity index (χ1n) is 8.03. The van der Waals surface area contributed by atoms with Gasteiger partial charge in [0.05, 0.1) is 6.54 Å². The van der Waals surface area contributed by atoms with Crippen molar-refractivity contribution in [2.24, 2.45) is 0 Å². The highest BCUT2D eigenvalue weighted by Gasteiger charge is 2.11. The molecule has 0 aliphatic carbocycles. The zero-order valence-electron chi connectivity index (χ0n) is 14.2. The zero-order chi connectivity index (χ0) is 17.8. The second-order valence-corrected chi connectivity index (χ2v) is 5.96. The molecule has 0 fully saturated rings. The third kappa shape index (κ3) is 4.01. The van der Waals surface area contributed by atoms with Crippen molar-refractivity contribution in [3.05, 3.63) is 93.4 Å². The SMILES string of the molecule is Cc1ccc(C)c(Cn2nc(C(=O)Nc3ccccc3)ccc2=O)c1. The van der Waals surface area contributed by atoms with Crippen molar-refractivity contribution in [2.45, 2.75) is 20.4 Å². The molecule has 0 saturated carbocycles. The predicted octanol–water partition coefficient (Wildman–Crippen LogP) is 3.16. The molecule has 2 aromatic carbocycles. The minimum Gasteiger partial charge on any atom is -0.321 e. The maximum Gasteiger partial charge on any atom is 0.276 e. The van der Waals surface area contributed by atoms with E-state index < -0.39 is 0 Å². The zero-order valence-corrected chi connectivity index (χ0v) is 14.2. The van der Waals surface area contributed by atoms with Crippen LogP contribution >= 0.6 is 0 Å². The van der Waals surface area contributed by atoms with Crippen molar-refractivity contribution in [3.63, 3.8) is 0 Å². The number of carbonyl (C=O) groups excluding carboxylic acids is 1. The van der Waals surface area contributed by atoms with Crippen LogP contribution in [0.2, 0.25) is 0 Å². The lowest BCUT2D eigenvalue weighted by Crippen LogP contribution is -2.26. The van der Waals surface area contributed by atoms with Gasteiger partial charge in [0.25, 0.3) is 11.5 Å². The minimum absolute atomic E-state index is 0.203. The molecule has 0 saturated heterocycles. The van der Waals surface area contributed by atoms with Crippen LogP contribution in [0.3, 0.4) is 0 Å². The molecule has 5 heteroatoms. The Morgan fingerprint density at radius 2 is 1.80 bits per heavy atom. The van der Waals surface area contributed by atoms with Crippen LogP contribution in [0.5, 0.6) is 0 Å². The number of nitrogens with one attached hydrogen (secondary N) is 1. The molecule has 0 spiro atoms. The standard InChI is InChI=1S/C20H19N3O2/c1-14-8-9-15(2)16(12-14)13-23-19(24)11-10-18(22-23)20(25)21-17-6-4-3-5-7-17/h3-12H,13H2,1-2H3,(H,21,25). The lowest BCUT2D eigenvalue weighted by Gasteiger charge is -2.10. The van der Waals surface area contributed by atoms with Crippen molar-refractivity contribution in [2.75, 3.05) is 5.32 Å². The van der Waals surface area contributed by atoms with E-state index in [0.717, 1.165) is 16.7 Å². The van der Waals surface area contributed by atoms with E-state index in [0.29, 0.717) is 12.2 Å². The molecule has 1 aromatic heterocycles. The first-order chi connectivity index (χ1) is 12.0. The Bertz CT molecular complexity index is 962. The fourth-order valence-electron chi connectivity index (χ4n) is 2.53. The van der Waals surface area contributed by atoms with E-state index in [1.807, 2.05) is 50.2 Å². The number of carbonyl (C=O) groups is 1. The lowest BCUT2D eigenvalue weighted by molar-refractivity contribution is 0.102. The van der Waals surface area contributed by atoms with Gasteiger partial charge in [0, 0.05) is 11.8 Å². The van der Waals surface area contributed by atoms with Gasteiger partial charge in [-0.15, -0.1) is 0 Å². The maximum absolute atomic E-state index is 12.4. The van der Waals surface area contributed by atoms with Crippen molar-refractivity contribution < 1.29 is 4.79 Å². The summed E-state index contributed by atoms with van der Waals surface area (Å²) in [7, 11) is 0. The second-order valence-electron chi connectivity index (χ2n) is 5.96. The van der Waals surface area contributed by atoms with Gasteiger partial charge < -0.3 is 5.32 Å². The van der Waals surface area contributed by atoms with E-state index in [4.69, 9.17) is 0 Å². The van der Waals surface area contributed by atoms with Crippen LogP contribution in [-0.2, 0) is 6.54 Å². The summed E-state index contributed by atoms with van der Waals surface area (Å²) < 4.78 is 1.32. The number of nitrogens with zero attached hydrogens (tertiary/aromatic N) is 2.